The first-order valence-electron chi connectivity index (χ1n) is 7.71. The number of halogens is 1. The van der Waals surface area contributed by atoms with Crippen LogP contribution in [0.4, 0.5) is 11.4 Å². The molecule has 0 unspecified atom stereocenters. The Kier molecular flexibility index (Phi) is 4.68. The van der Waals surface area contributed by atoms with Crippen LogP contribution in [0.25, 0.3) is 0 Å². The van der Waals surface area contributed by atoms with Crippen molar-refractivity contribution in [3.05, 3.63) is 71.3 Å². The Labute approximate surface area is 141 Å². The standard InChI is InChI=1S/C19H19ClN2O/c1-2-19(23)21-17-9-10-18-15(12-17)4-3-11-22(18)13-14-5-7-16(20)8-6-14/h2,5-10,12H,1,3-4,11,13H2,(H,21,23). The summed E-state index contributed by atoms with van der Waals surface area (Å²) in [5.41, 5.74) is 4.57. The van der Waals surface area contributed by atoms with Gasteiger partial charge in [-0.25, -0.2) is 0 Å². The van der Waals surface area contributed by atoms with Gasteiger partial charge in [0.1, 0.15) is 0 Å². The molecule has 1 N–H and O–H groups in total. The van der Waals surface area contributed by atoms with Crippen molar-refractivity contribution in [1.29, 1.82) is 0 Å². The number of carbonyl (C=O) groups is 1. The molecule has 118 valence electrons. The maximum atomic E-state index is 11.4. The van der Waals surface area contributed by atoms with Gasteiger partial charge in [0.25, 0.3) is 0 Å². The van der Waals surface area contributed by atoms with Crippen LogP contribution >= 0.6 is 11.6 Å². The van der Waals surface area contributed by atoms with E-state index in [1.165, 1.54) is 22.9 Å². The summed E-state index contributed by atoms with van der Waals surface area (Å²) in [5.74, 6) is -0.182. The van der Waals surface area contributed by atoms with Gasteiger partial charge in [-0.3, -0.25) is 4.79 Å². The van der Waals surface area contributed by atoms with Gasteiger partial charge < -0.3 is 10.2 Å². The van der Waals surface area contributed by atoms with E-state index in [9.17, 15) is 4.79 Å². The second kappa shape index (κ2) is 6.88. The number of benzene rings is 2. The molecule has 4 heteroatoms. The molecule has 2 aromatic carbocycles. The molecule has 0 radical (unpaired) electrons. The van der Waals surface area contributed by atoms with Crippen LogP contribution in [0.15, 0.2) is 55.1 Å². The monoisotopic (exact) mass is 326 g/mol. The minimum atomic E-state index is -0.182. The van der Waals surface area contributed by atoms with E-state index in [4.69, 9.17) is 11.6 Å². The Hall–Kier alpha value is -2.26. The molecule has 1 aliphatic heterocycles. The first-order valence-corrected chi connectivity index (χ1v) is 8.09. The van der Waals surface area contributed by atoms with E-state index in [1.807, 2.05) is 18.2 Å². The molecule has 0 aromatic heterocycles. The fourth-order valence-corrected chi connectivity index (χ4v) is 3.05. The van der Waals surface area contributed by atoms with Crippen molar-refractivity contribution < 1.29 is 4.79 Å². The molecule has 3 nitrogen and oxygen atoms in total. The number of anilines is 2. The van der Waals surface area contributed by atoms with Crippen LogP contribution in [-0.2, 0) is 17.8 Å². The normalized spacial score (nSPS) is 13.3. The van der Waals surface area contributed by atoms with E-state index in [2.05, 4.69) is 41.1 Å². The van der Waals surface area contributed by atoms with Crippen molar-refractivity contribution in [1.82, 2.24) is 0 Å². The van der Waals surface area contributed by atoms with Gasteiger partial charge in [0.15, 0.2) is 0 Å². The highest BCUT2D eigenvalue weighted by Gasteiger charge is 2.17. The van der Waals surface area contributed by atoms with Crippen molar-refractivity contribution in [2.75, 3.05) is 16.8 Å². The molecule has 1 aliphatic rings. The van der Waals surface area contributed by atoms with Crippen LogP contribution in [0.3, 0.4) is 0 Å². The lowest BCUT2D eigenvalue weighted by Crippen LogP contribution is -2.28. The molecule has 0 bridgehead atoms. The molecule has 2 aromatic rings. The first kappa shape index (κ1) is 15.6. The van der Waals surface area contributed by atoms with Crippen LogP contribution in [0, 0.1) is 0 Å². The lowest BCUT2D eigenvalue weighted by molar-refractivity contribution is -0.111. The number of rotatable bonds is 4. The minimum absolute atomic E-state index is 0.182. The third-order valence-corrected chi connectivity index (χ3v) is 4.29. The van der Waals surface area contributed by atoms with Gasteiger partial charge in [-0.15, -0.1) is 0 Å². The van der Waals surface area contributed by atoms with Crippen molar-refractivity contribution in [2.45, 2.75) is 19.4 Å². The van der Waals surface area contributed by atoms with Crippen LogP contribution in [-0.4, -0.2) is 12.5 Å². The zero-order valence-corrected chi connectivity index (χ0v) is 13.6. The Morgan fingerprint density at radius 3 is 2.78 bits per heavy atom. The summed E-state index contributed by atoms with van der Waals surface area (Å²) in [6.07, 6.45) is 3.43. The molecule has 0 atom stereocenters. The number of carbonyl (C=O) groups excluding carboxylic acids is 1. The Bertz CT molecular complexity index is 725. The fourth-order valence-electron chi connectivity index (χ4n) is 2.92. The molecular weight excluding hydrogens is 308 g/mol. The third kappa shape index (κ3) is 3.74. The molecule has 0 spiro atoms. The number of hydrogen-bond donors (Lipinski definition) is 1. The number of nitrogens with zero attached hydrogens (tertiary/aromatic N) is 1. The van der Waals surface area contributed by atoms with Crippen molar-refractivity contribution >= 4 is 28.9 Å². The highest BCUT2D eigenvalue weighted by atomic mass is 35.5. The molecule has 1 amide bonds. The molecule has 1 heterocycles. The maximum absolute atomic E-state index is 11.4. The van der Waals surface area contributed by atoms with E-state index >= 15 is 0 Å². The summed E-state index contributed by atoms with van der Waals surface area (Å²) in [4.78, 5) is 13.8. The summed E-state index contributed by atoms with van der Waals surface area (Å²) in [6.45, 7) is 5.38. The van der Waals surface area contributed by atoms with Crippen LogP contribution in [0.1, 0.15) is 17.5 Å². The van der Waals surface area contributed by atoms with Gasteiger partial charge in [0.05, 0.1) is 0 Å². The van der Waals surface area contributed by atoms with Gasteiger partial charge >= 0.3 is 0 Å². The predicted octanol–water partition coefficient (Wildman–Crippen LogP) is 4.42. The number of hydrogen-bond acceptors (Lipinski definition) is 2. The van der Waals surface area contributed by atoms with E-state index in [1.54, 1.807) is 0 Å². The zero-order valence-electron chi connectivity index (χ0n) is 12.9. The molecule has 0 saturated carbocycles. The molecule has 0 fully saturated rings. The highest BCUT2D eigenvalue weighted by molar-refractivity contribution is 6.30. The number of aryl methyl sites for hydroxylation is 1. The summed E-state index contributed by atoms with van der Waals surface area (Å²) in [7, 11) is 0. The van der Waals surface area contributed by atoms with Gasteiger partial charge in [0, 0.05) is 29.5 Å². The average Bonchev–Trinajstić information content (AvgIpc) is 2.57. The SMILES string of the molecule is C=CC(=O)Nc1ccc2c(c1)CCCN2Cc1ccc(Cl)cc1. The van der Waals surface area contributed by atoms with Crippen LogP contribution in [0.2, 0.25) is 5.02 Å². The Morgan fingerprint density at radius 2 is 2.04 bits per heavy atom. The largest absolute Gasteiger partial charge is 0.367 e. The average molecular weight is 327 g/mol. The summed E-state index contributed by atoms with van der Waals surface area (Å²) in [5, 5.41) is 3.58. The van der Waals surface area contributed by atoms with Gasteiger partial charge in [-0.2, -0.15) is 0 Å². The summed E-state index contributed by atoms with van der Waals surface area (Å²) < 4.78 is 0. The molecule has 23 heavy (non-hydrogen) atoms. The number of amides is 1. The smallest absolute Gasteiger partial charge is 0.247 e. The van der Waals surface area contributed by atoms with Crippen molar-refractivity contribution in [3.8, 4) is 0 Å². The minimum Gasteiger partial charge on any atom is -0.367 e. The van der Waals surface area contributed by atoms with Crippen molar-refractivity contribution in [3.63, 3.8) is 0 Å². The van der Waals surface area contributed by atoms with Gasteiger partial charge in [-0.1, -0.05) is 30.3 Å². The summed E-state index contributed by atoms with van der Waals surface area (Å²) >= 11 is 5.95. The molecule has 3 rings (SSSR count). The predicted molar refractivity (Wildman–Crippen MR) is 96.1 cm³/mol. The zero-order chi connectivity index (χ0) is 16.2. The van der Waals surface area contributed by atoms with E-state index < -0.39 is 0 Å². The Balaban J connectivity index is 1.80. The van der Waals surface area contributed by atoms with Crippen molar-refractivity contribution in [2.24, 2.45) is 0 Å². The maximum Gasteiger partial charge on any atom is 0.247 e. The quantitative estimate of drug-likeness (QED) is 0.844. The van der Waals surface area contributed by atoms with E-state index in [0.29, 0.717) is 0 Å². The summed E-state index contributed by atoms with van der Waals surface area (Å²) in [6, 6.07) is 14.1. The lowest BCUT2D eigenvalue weighted by atomic mass is 10.00. The molecule has 0 saturated heterocycles. The second-order valence-electron chi connectivity index (χ2n) is 5.69. The topological polar surface area (TPSA) is 32.3 Å². The molecular formula is C19H19ClN2O. The van der Waals surface area contributed by atoms with Gasteiger partial charge in [-0.05, 0) is 60.4 Å². The Morgan fingerprint density at radius 1 is 1.26 bits per heavy atom. The van der Waals surface area contributed by atoms with E-state index in [0.717, 1.165) is 36.6 Å². The van der Waals surface area contributed by atoms with Crippen LogP contribution in [0.5, 0.6) is 0 Å². The third-order valence-electron chi connectivity index (χ3n) is 4.03. The lowest BCUT2D eigenvalue weighted by Gasteiger charge is -2.31. The number of nitrogens with one attached hydrogen (secondary N) is 1. The fraction of sp³-hybridized carbons (Fsp3) is 0.211. The second-order valence-corrected chi connectivity index (χ2v) is 6.12. The van der Waals surface area contributed by atoms with Gasteiger partial charge in [0.2, 0.25) is 5.91 Å². The van der Waals surface area contributed by atoms with Crippen LogP contribution < -0.4 is 10.2 Å². The first-order chi connectivity index (χ1) is 11.2. The molecule has 0 aliphatic carbocycles. The number of fused-ring (bicyclic) bond motifs is 1. The highest BCUT2D eigenvalue weighted by Crippen LogP contribution is 2.31. The van der Waals surface area contributed by atoms with E-state index in [-0.39, 0.29) is 5.91 Å².